The summed E-state index contributed by atoms with van der Waals surface area (Å²) < 4.78 is 38.8. The lowest BCUT2D eigenvalue weighted by Gasteiger charge is -2.32. The molecule has 0 aliphatic heterocycles. The van der Waals surface area contributed by atoms with Gasteiger partial charge in [0.1, 0.15) is 0 Å². The highest BCUT2D eigenvalue weighted by Gasteiger charge is 2.36. The number of benzene rings is 1. The van der Waals surface area contributed by atoms with Crippen molar-refractivity contribution in [1.82, 2.24) is 0 Å². The lowest BCUT2D eigenvalue weighted by molar-refractivity contribution is -0.137. The van der Waals surface area contributed by atoms with Crippen LogP contribution in [-0.4, -0.2) is 11.0 Å². The van der Waals surface area contributed by atoms with Crippen LogP contribution in [0.2, 0.25) is 0 Å². The van der Waals surface area contributed by atoms with Gasteiger partial charge in [0.05, 0.1) is 11.3 Å². The number of carbonyl (C=O) groups is 2. The predicted molar refractivity (Wildman–Crippen MR) is 87.8 cm³/mol. The van der Waals surface area contributed by atoms with Crippen molar-refractivity contribution < 1.29 is 22.8 Å². The molecule has 0 aromatic heterocycles. The van der Waals surface area contributed by atoms with Crippen LogP contribution >= 0.6 is 11.8 Å². The van der Waals surface area contributed by atoms with Gasteiger partial charge in [0.25, 0.3) is 0 Å². The zero-order valence-corrected chi connectivity index (χ0v) is 14.4. The number of anilines is 1. The molecular weight excluding hydrogens is 339 g/mol. The summed E-state index contributed by atoms with van der Waals surface area (Å²) in [5, 5.41) is 2.37. The van der Waals surface area contributed by atoms with E-state index in [1.54, 1.807) is 0 Å². The van der Waals surface area contributed by atoms with E-state index < -0.39 is 17.2 Å². The molecule has 132 valence electrons. The molecular formula is C17H20F3NO2S. The maximum absolute atomic E-state index is 12.9. The molecule has 7 heteroatoms. The zero-order valence-electron chi connectivity index (χ0n) is 13.6. The Kier molecular flexibility index (Phi) is 5.63. The Balaban J connectivity index is 2.31. The number of hydrogen-bond acceptors (Lipinski definition) is 3. The van der Waals surface area contributed by atoms with Gasteiger partial charge < -0.3 is 5.32 Å². The molecule has 1 aromatic carbocycles. The normalized spacial score (nSPS) is 17.4. The van der Waals surface area contributed by atoms with Crippen LogP contribution in [0, 0.1) is 5.41 Å². The van der Waals surface area contributed by atoms with Crippen LogP contribution in [0.5, 0.6) is 0 Å². The van der Waals surface area contributed by atoms with E-state index in [1.165, 1.54) is 13.0 Å². The molecule has 1 N–H and O–H groups in total. The number of nitrogens with one attached hydrogen (secondary N) is 1. The van der Waals surface area contributed by atoms with Crippen molar-refractivity contribution in [2.75, 3.05) is 5.32 Å². The van der Waals surface area contributed by atoms with Gasteiger partial charge in [0.2, 0.25) is 5.91 Å². The first-order chi connectivity index (χ1) is 11.1. The number of thioether (sulfide) groups is 1. The Bertz CT molecular complexity index is 637. The molecule has 1 saturated carbocycles. The SMILES string of the molecule is CC(=O)Sc1ccc(C(F)(F)F)cc1NC(=O)C1(C)CCCCC1. The van der Waals surface area contributed by atoms with Crippen LogP contribution in [0.3, 0.4) is 0 Å². The molecule has 24 heavy (non-hydrogen) atoms. The Hall–Kier alpha value is -1.50. The standard InChI is InChI=1S/C17H20F3NO2S/c1-11(22)24-14-7-6-12(17(18,19)20)10-13(14)21-15(23)16(2)8-4-3-5-9-16/h6-7,10H,3-5,8-9H2,1-2H3,(H,21,23). The van der Waals surface area contributed by atoms with Crippen molar-refractivity contribution >= 4 is 28.5 Å². The van der Waals surface area contributed by atoms with E-state index in [0.717, 1.165) is 43.2 Å². The van der Waals surface area contributed by atoms with E-state index in [-0.39, 0.29) is 16.7 Å². The van der Waals surface area contributed by atoms with Gasteiger partial charge in [0, 0.05) is 17.2 Å². The molecule has 0 bridgehead atoms. The number of hydrogen-bond donors (Lipinski definition) is 1. The first-order valence-corrected chi connectivity index (χ1v) is 8.65. The van der Waals surface area contributed by atoms with Gasteiger partial charge in [-0.15, -0.1) is 0 Å². The molecule has 0 spiro atoms. The van der Waals surface area contributed by atoms with E-state index in [2.05, 4.69) is 5.32 Å². The molecule has 3 nitrogen and oxygen atoms in total. The fourth-order valence-electron chi connectivity index (χ4n) is 2.88. The average Bonchev–Trinajstić information content (AvgIpc) is 2.48. The maximum atomic E-state index is 12.9. The summed E-state index contributed by atoms with van der Waals surface area (Å²) in [6.45, 7) is 3.17. The topological polar surface area (TPSA) is 46.2 Å². The lowest BCUT2D eigenvalue weighted by atomic mass is 9.75. The van der Waals surface area contributed by atoms with Crippen molar-refractivity contribution in [3.63, 3.8) is 0 Å². The number of carbonyl (C=O) groups excluding carboxylic acids is 2. The molecule has 0 heterocycles. The van der Waals surface area contributed by atoms with Gasteiger partial charge in [-0.2, -0.15) is 13.2 Å². The van der Waals surface area contributed by atoms with Crippen LogP contribution in [0.4, 0.5) is 18.9 Å². The van der Waals surface area contributed by atoms with Crippen molar-refractivity contribution in [3.8, 4) is 0 Å². The smallest absolute Gasteiger partial charge is 0.325 e. The Labute approximate surface area is 143 Å². The highest BCUT2D eigenvalue weighted by Crippen LogP contribution is 2.39. The summed E-state index contributed by atoms with van der Waals surface area (Å²) in [7, 11) is 0. The van der Waals surface area contributed by atoms with Crippen LogP contribution in [0.25, 0.3) is 0 Å². The van der Waals surface area contributed by atoms with E-state index in [9.17, 15) is 22.8 Å². The van der Waals surface area contributed by atoms with Crippen LogP contribution < -0.4 is 5.32 Å². The van der Waals surface area contributed by atoms with Gasteiger partial charge in [-0.05, 0) is 31.0 Å². The van der Waals surface area contributed by atoms with Gasteiger partial charge in [0.15, 0.2) is 5.12 Å². The molecule has 0 radical (unpaired) electrons. The van der Waals surface area contributed by atoms with E-state index in [0.29, 0.717) is 17.7 Å². The third kappa shape index (κ3) is 4.53. The molecule has 1 amide bonds. The van der Waals surface area contributed by atoms with Crippen LogP contribution in [0.1, 0.15) is 51.5 Å². The summed E-state index contributed by atoms with van der Waals surface area (Å²) in [4.78, 5) is 24.2. The minimum Gasteiger partial charge on any atom is -0.325 e. The minimum atomic E-state index is -4.51. The van der Waals surface area contributed by atoms with Gasteiger partial charge in [-0.3, -0.25) is 9.59 Å². The quantitative estimate of drug-likeness (QED) is 0.750. The summed E-state index contributed by atoms with van der Waals surface area (Å²) in [5.41, 5.74) is -1.38. The second kappa shape index (κ2) is 7.17. The molecule has 1 fully saturated rings. The third-order valence-corrected chi connectivity index (χ3v) is 5.18. The third-order valence-electron chi connectivity index (χ3n) is 4.31. The van der Waals surface area contributed by atoms with E-state index >= 15 is 0 Å². The van der Waals surface area contributed by atoms with Crippen LogP contribution in [0.15, 0.2) is 23.1 Å². The monoisotopic (exact) mass is 359 g/mol. The molecule has 1 aliphatic carbocycles. The Morgan fingerprint density at radius 2 is 1.79 bits per heavy atom. The molecule has 0 unspecified atom stereocenters. The summed E-state index contributed by atoms with van der Waals surface area (Å²) >= 11 is 0.811. The number of rotatable bonds is 3. The lowest BCUT2D eigenvalue weighted by Crippen LogP contribution is -2.35. The first kappa shape index (κ1) is 18.8. The summed E-state index contributed by atoms with van der Waals surface area (Å²) in [5.74, 6) is -0.285. The van der Waals surface area contributed by atoms with Gasteiger partial charge in [-0.25, -0.2) is 0 Å². The zero-order chi connectivity index (χ0) is 18.0. The van der Waals surface area contributed by atoms with Crippen molar-refractivity contribution in [3.05, 3.63) is 23.8 Å². The number of amides is 1. The fraction of sp³-hybridized carbons (Fsp3) is 0.529. The second-order valence-corrected chi connectivity index (χ2v) is 7.60. The molecule has 1 aromatic rings. The maximum Gasteiger partial charge on any atom is 0.416 e. The molecule has 0 saturated heterocycles. The molecule has 2 rings (SSSR count). The summed E-state index contributed by atoms with van der Waals surface area (Å²) in [6.07, 6.45) is -0.144. The van der Waals surface area contributed by atoms with Crippen LogP contribution in [-0.2, 0) is 15.8 Å². The highest BCUT2D eigenvalue weighted by molar-refractivity contribution is 8.13. The van der Waals surface area contributed by atoms with E-state index in [4.69, 9.17) is 0 Å². The highest BCUT2D eigenvalue weighted by atomic mass is 32.2. The second-order valence-electron chi connectivity index (χ2n) is 6.38. The van der Waals surface area contributed by atoms with Gasteiger partial charge in [-0.1, -0.05) is 37.9 Å². The fourth-order valence-corrected chi connectivity index (χ4v) is 3.55. The van der Waals surface area contributed by atoms with Crippen molar-refractivity contribution in [2.24, 2.45) is 5.41 Å². The average molecular weight is 359 g/mol. The van der Waals surface area contributed by atoms with Gasteiger partial charge >= 0.3 is 6.18 Å². The first-order valence-electron chi connectivity index (χ1n) is 7.83. The molecule has 0 atom stereocenters. The minimum absolute atomic E-state index is 0.0434. The Morgan fingerprint density at radius 1 is 1.17 bits per heavy atom. The largest absolute Gasteiger partial charge is 0.416 e. The van der Waals surface area contributed by atoms with Crippen molar-refractivity contribution in [1.29, 1.82) is 0 Å². The molecule has 1 aliphatic rings. The number of halogens is 3. The van der Waals surface area contributed by atoms with Crippen molar-refractivity contribution in [2.45, 2.75) is 57.0 Å². The summed E-state index contributed by atoms with van der Waals surface area (Å²) in [6, 6.07) is 3.05. The Morgan fingerprint density at radius 3 is 2.33 bits per heavy atom. The van der Waals surface area contributed by atoms with E-state index in [1.807, 2.05) is 6.92 Å². The predicted octanol–water partition coefficient (Wildman–Crippen LogP) is 5.25. The number of alkyl halides is 3.